The minimum atomic E-state index is 0.550. The molecule has 0 aromatic carbocycles. The van der Waals surface area contributed by atoms with Crippen molar-refractivity contribution in [2.75, 3.05) is 13.1 Å². The first-order chi connectivity index (χ1) is 8.33. The predicted octanol–water partition coefficient (Wildman–Crippen LogP) is 1.39. The van der Waals surface area contributed by atoms with Crippen molar-refractivity contribution >= 4 is 16.3 Å². The zero-order valence-corrected chi connectivity index (χ0v) is 10.6. The summed E-state index contributed by atoms with van der Waals surface area (Å²) in [5.74, 6) is 2.90. The van der Waals surface area contributed by atoms with E-state index in [9.17, 15) is 0 Å². The van der Waals surface area contributed by atoms with Gasteiger partial charge < -0.3 is 5.32 Å². The lowest BCUT2D eigenvalue weighted by Crippen LogP contribution is -2.08. The molecule has 5 nitrogen and oxygen atoms in total. The van der Waals surface area contributed by atoms with Crippen molar-refractivity contribution in [3.63, 3.8) is 0 Å². The van der Waals surface area contributed by atoms with Gasteiger partial charge in [0.25, 0.3) is 0 Å². The third-order valence-corrected chi connectivity index (χ3v) is 4.84. The molecule has 3 heterocycles. The van der Waals surface area contributed by atoms with Gasteiger partial charge in [-0.3, -0.25) is 0 Å². The molecule has 1 aliphatic carbocycles. The van der Waals surface area contributed by atoms with E-state index in [4.69, 9.17) is 5.10 Å². The van der Waals surface area contributed by atoms with Crippen LogP contribution in [0, 0.1) is 5.92 Å². The van der Waals surface area contributed by atoms with Crippen LogP contribution in [0.3, 0.4) is 0 Å². The van der Waals surface area contributed by atoms with Crippen molar-refractivity contribution < 1.29 is 0 Å². The standard InChI is InChI=1S/C11H15N5S/c1-6-4-12-5-8(6)10-15-16-9(7-2-3-7)13-14-11(16)17-10/h6-8,12H,2-5H2,1H3/t6-,8-/m1/s1. The quantitative estimate of drug-likeness (QED) is 0.873. The van der Waals surface area contributed by atoms with E-state index in [-0.39, 0.29) is 0 Å². The van der Waals surface area contributed by atoms with E-state index in [2.05, 4.69) is 22.4 Å². The van der Waals surface area contributed by atoms with E-state index >= 15 is 0 Å². The maximum Gasteiger partial charge on any atom is 0.234 e. The summed E-state index contributed by atoms with van der Waals surface area (Å²) in [4.78, 5) is 0.959. The Labute approximate surface area is 103 Å². The smallest absolute Gasteiger partial charge is 0.234 e. The molecule has 1 saturated carbocycles. The summed E-state index contributed by atoms with van der Waals surface area (Å²) in [6, 6.07) is 0. The first-order valence-corrected chi connectivity index (χ1v) is 7.07. The van der Waals surface area contributed by atoms with Gasteiger partial charge in [-0.1, -0.05) is 18.3 Å². The molecular formula is C11H15N5S. The largest absolute Gasteiger partial charge is 0.316 e. The molecule has 2 fully saturated rings. The van der Waals surface area contributed by atoms with Crippen molar-refractivity contribution in [1.29, 1.82) is 0 Å². The highest BCUT2D eigenvalue weighted by atomic mass is 32.1. The van der Waals surface area contributed by atoms with Crippen LogP contribution < -0.4 is 5.32 Å². The summed E-state index contributed by atoms with van der Waals surface area (Å²) in [5, 5.41) is 17.9. The van der Waals surface area contributed by atoms with Crippen LogP contribution >= 0.6 is 11.3 Å². The second-order valence-corrected chi connectivity index (χ2v) is 6.20. The van der Waals surface area contributed by atoms with Gasteiger partial charge in [0.2, 0.25) is 4.96 Å². The third kappa shape index (κ3) is 1.51. The van der Waals surface area contributed by atoms with E-state index < -0.39 is 0 Å². The van der Waals surface area contributed by atoms with Crippen molar-refractivity contribution in [1.82, 2.24) is 25.1 Å². The molecule has 4 rings (SSSR count). The molecule has 2 aromatic rings. The SMILES string of the molecule is C[C@@H]1CNC[C@H]1c1nn2c(C3CC3)nnc2s1. The number of hydrogen-bond acceptors (Lipinski definition) is 5. The molecule has 0 unspecified atom stereocenters. The minimum Gasteiger partial charge on any atom is -0.316 e. The van der Waals surface area contributed by atoms with Crippen molar-refractivity contribution in [3.8, 4) is 0 Å². The molecule has 2 aromatic heterocycles. The summed E-state index contributed by atoms with van der Waals surface area (Å²) in [6.07, 6.45) is 2.49. The average Bonchev–Trinajstić information content (AvgIpc) is 2.75. The second-order valence-electron chi connectivity index (χ2n) is 5.21. The molecule has 90 valence electrons. The fraction of sp³-hybridized carbons (Fsp3) is 0.727. The molecule has 2 atom stereocenters. The highest BCUT2D eigenvalue weighted by molar-refractivity contribution is 7.16. The number of rotatable bonds is 2. The van der Waals surface area contributed by atoms with Gasteiger partial charge in [-0.2, -0.15) is 9.61 Å². The fourth-order valence-electron chi connectivity index (χ4n) is 2.53. The van der Waals surface area contributed by atoms with Gasteiger partial charge in [0.15, 0.2) is 5.82 Å². The van der Waals surface area contributed by atoms with E-state index in [1.54, 1.807) is 11.3 Å². The third-order valence-electron chi connectivity index (χ3n) is 3.81. The van der Waals surface area contributed by atoms with E-state index in [1.165, 1.54) is 17.8 Å². The number of nitrogens with zero attached hydrogens (tertiary/aromatic N) is 4. The summed E-state index contributed by atoms with van der Waals surface area (Å²) in [6.45, 7) is 4.43. The first-order valence-electron chi connectivity index (χ1n) is 6.25. The monoisotopic (exact) mass is 249 g/mol. The Hall–Kier alpha value is -1.01. The van der Waals surface area contributed by atoms with Gasteiger partial charge >= 0.3 is 0 Å². The van der Waals surface area contributed by atoms with Crippen LogP contribution in [0.15, 0.2) is 0 Å². The molecule has 0 amide bonds. The number of aromatic nitrogens is 4. The average molecular weight is 249 g/mol. The van der Waals surface area contributed by atoms with Gasteiger partial charge in [0, 0.05) is 18.4 Å². The van der Waals surface area contributed by atoms with E-state index in [0.29, 0.717) is 17.8 Å². The van der Waals surface area contributed by atoms with Crippen molar-refractivity contribution in [2.45, 2.75) is 31.6 Å². The minimum absolute atomic E-state index is 0.550. The number of nitrogens with one attached hydrogen (secondary N) is 1. The molecule has 0 spiro atoms. The molecule has 2 aliphatic rings. The Kier molecular flexibility index (Phi) is 2.05. The van der Waals surface area contributed by atoms with Crippen LogP contribution in [-0.4, -0.2) is 32.9 Å². The van der Waals surface area contributed by atoms with Crippen molar-refractivity contribution in [2.24, 2.45) is 5.92 Å². The maximum absolute atomic E-state index is 4.74. The van der Waals surface area contributed by atoms with Crippen LogP contribution in [-0.2, 0) is 0 Å². The molecule has 6 heteroatoms. The molecule has 1 N–H and O–H groups in total. The lowest BCUT2D eigenvalue weighted by molar-refractivity contribution is 0.562. The number of hydrogen-bond donors (Lipinski definition) is 1. The van der Waals surface area contributed by atoms with Crippen LogP contribution in [0.2, 0.25) is 0 Å². The highest BCUT2D eigenvalue weighted by Crippen LogP contribution is 2.40. The van der Waals surface area contributed by atoms with Crippen LogP contribution in [0.4, 0.5) is 0 Å². The van der Waals surface area contributed by atoms with E-state index in [1.807, 2.05) is 4.52 Å². The highest BCUT2D eigenvalue weighted by Gasteiger charge is 2.32. The van der Waals surface area contributed by atoms with E-state index in [0.717, 1.165) is 23.9 Å². The Morgan fingerprint density at radius 1 is 1.29 bits per heavy atom. The molecular weight excluding hydrogens is 234 g/mol. The van der Waals surface area contributed by atoms with Gasteiger partial charge in [-0.15, -0.1) is 10.2 Å². The number of fused-ring (bicyclic) bond motifs is 1. The van der Waals surface area contributed by atoms with Gasteiger partial charge in [0.05, 0.1) is 0 Å². The van der Waals surface area contributed by atoms with Gasteiger partial charge in [-0.25, -0.2) is 0 Å². The summed E-state index contributed by atoms with van der Waals surface area (Å²) >= 11 is 1.70. The molecule has 17 heavy (non-hydrogen) atoms. The topological polar surface area (TPSA) is 55.1 Å². The van der Waals surface area contributed by atoms with Crippen molar-refractivity contribution in [3.05, 3.63) is 10.8 Å². The van der Waals surface area contributed by atoms with Crippen LogP contribution in [0.1, 0.15) is 42.4 Å². The van der Waals surface area contributed by atoms with Crippen LogP contribution in [0.25, 0.3) is 4.96 Å². The summed E-state index contributed by atoms with van der Waals surface area (Å²) < 4.78 is 1.97. The Bertz CT molecular complexity index is 555. The molecule has 0 radical (unpaired) electrons. The molecule has 1 saturated heterocycles. The Morgan fingerprint density at radius 2 is 2.18 bits per heavy atom. The zero-order chi connectivity index (χ0) is 11.4. The normalized spacial score (nSPS) is 29.2. The fourth-order valence-corrected chi connectivity index (χ4v) is 3.61. The maximum atomic E-state index is 4.74. The summed E-state index contributed by atoms with van der Waals surface area (Å²) in [7, 11) is 0. The summed E-state index contributed by atoms with van der Waals surface area (Å²) in [5.41, 5.74) is 0. The first kappa shape index (κ1) is 9.96. The zero-order valence-electron chi connectivity index (χ0n) is 9.76. The Balaban J connectivity index is 1.76. The molecule has 1 aliphatic heterocycles. The Morgan fingerprint density at radius 3 is 2.88 bits per heavy atom. The second kappa shape index (κ2) is 3.49. The lowest BCUT2D eigenvalue weighted by Gasteiger charge is -2.08. The lowest BCUT2D eigenvalue weighted by atomic mass is 9.99. The predicted molar refractivity (Wildman–Crippen MR) is 65.4 cm³/mol. The van der Waals surface area contributed by atoms with Crippen LogP contribution in [0.5, 0.6) is 0 Å². The molecule has 0 bridgehead atoms. The van der Waals surface area contributed by atoms with Gasteiger partial charge in [-0.05, 0) is 25.3 Å². The van der Waals surface area contributed by atoms with Gasteiger partial charge in [0.1, 0.15) is 5.01 Å².